The fourth-order valence-corrected chi connectivity index (χ4v) is 2.78. The highest BCUT2D eigenvalue weighted by molar-refractivity contribution is 5.73. The lowest BCUT2D eigenvalue weighted by molar-refractivity contribution is -0.142. The van der Waals surface area contributed by atoms with Crippen LogP contribution in [0.1, 0.15) is 24.1 Å². The molecule has 1 aliphatic heterocycles. The molecule has 1 saturated heterocycles. The van der Waals surface area contributed by atoms with Crippen molar-refractivity contribution in [2.45, 2.75) is 32.4 Å². The second kappa shape index (κ2) is 4.66. The van der Waals surface area contributed by atoms with Crippen LogP contribution in [-0.4, -0.2) is 37.9 Å². The molecule has 0 spiro atoms. The Morgan fingerprint density at radius 1 is 1.58 bits per heavy atom. The minimum Gasteiger partial charge on any atom is -0.480 e. The number of hydrogen-bond donors (Lipinski definition) is 1. The zero-order valence-electron chi connectivity index (χ0n) is 10.9. The molecule has 3 heterocycles. The van der Waals surface area contributed by atoms with Gasteiger partial charge in [-0.2, -0.15) is 0 Å². The zero-order valence-corrected chi connectivity index (χ0v) is 10.9. The highest BCUT2D eigenvalue weighted by Gasteiger charge is 2.30. The molecule has 1 aliphatic rings. The minimum atomic E-state index is -0.725. The lowest BCUT2D eigenvalue weighted by Crippen LogP contribution is -2.35. The van der Waals surface area contributed by atoms with Gasteiger partial charge >= 0.3 is 5.97 Å². The number of carboxylic acid groups (broad SMARTS) is 1. The van der Waals surface area contributed by atoms with Crippen molar-refractivity contribution in [2.24, 2.45) is 0 Å². The van der Waals surface area contributed by atoms with E-state index in [1.165, 1.54) is 0 Å². The predicted molar refractivity (Wildman–Crippen MR) is 71.0 cm³/mol. The van der Waals surface area contributed by atoms with Crippen LogP contribution in [0.25, 0.3) is 5.65 Å². The molecular weight excluding hydrogens is 242 g/mol. The van der Waals surface area contributed by atoms with Crippen molar-refractivity contribution in [1.82, 2.24) is 14.3 Å². The van der Waals surface area contributed by atoms with E-state index in [2.05, 4.69) is 4.98 Å². The van der Waals surface area contributed by atoms with Gasteiger partial charge in [0.15, 0.2) is 0 Å². The SMILES string of the molecule is Cc1cccn2cc(CN3CCCC3C(=O)O)nc12. The average Bonchev–Trinajstić information content (AvgIpc) is 2.96. The number of pyridine rings is 1. The summed E-state index contributed by atoms with van der Waals surface area (Å²) in [5.74, 6) is -0.725. The van der Waals surface area contributed by atoms with Gasteiger partial charge in [-0.05, 0) is 37.9 Å². The van der Waals surface area contributed by atoms with Crippen molar-refractivity contribution in [1.29, 1.82) is 0 Å². The number of fused-ring (bicyclic) bond motifs is 1. The third-order valence-electron chi connectivity index (χ3n) is 3.74. The molecule has 19 heavy (non-hydrogen) atoms. The maximum atomic E-state index is 11.2. The zero-order chi connectivity index (χ0) is 13.4. The van der Waals surface area contributed by atoms with Gasteiger partial charge < -0.3 is 9.51 Å². The molecule has 0 bridgehead atoms. The summed E-state index contributed by atoms with van der Waals surface area (Å²) in [6.45, 7) is 3.48. The van der Waals surface area contributed by atoms with Crippen LogP contribution in [-0.2, 0) is 11.3 Å². The maximum absolute atomic E-state index is 11.2. The number of carbonyl (C=O) groups is 1. The van der Waals surface area contributed by atoms with Gasteiger partial charge in [-0.3, -0.25) is 9.69 Å². The van der Waals surface area contributed by atoms with Gasteiger partial charge in [-0.15, -0.1) is 0 Å². The van der Waals surface area contributed by atoms with Crippen molar-refractivity contribution >= 4 is 11.6 Å². The van der Waals surface area contributed by atoms with Gasteiger partial charge in [0.05, 0.1) is 5.69 Å². The van der Waals surface area contributed by atoms with Crippen molar-refractivity contribution in [3.05, 3.63) is 35.8 Å². The van der Waals surface area contributed by atoms with E-state index in [9.17, 15) is 9.90 Å². The van der Waals surface area contributed by atoms with Gasteiger partial charge in [0, 0.05) is 18.9 Å². The van der Waals surface area contributed by atoms with Crippen molar-refractivity contribution in [3.8, 4) is 0 Å². The fraction of sp³-hybridized carbons (Fsp3) is 0.429. The van der Waals surface area contributed by atoms with Crippen LogP contribution in [0, 0.1) is 6.92 Å². The molecule has 1 N–H and O–H groups in total. The Morgan fingerprint density at radius 3 is 3.16 bits per heavy atom. The first-order valence-electron chi connectivity index (χ1n) is 6.55. The number of aryl methyl sites for hydroxylation is 1. The van der Waals surface area contributed by atoms with Crippen LogP contribution < -0.4 is 0 Å². The monoisotopic (exact) mass is 259 g/mol. The summed E-state index contributed by atoms with van der Waals surface area (Å²) in [6.07, 6.45) is 5.64. The van der Waals surface area contributed by atoms with E-state index in [-0.39, 0.29) is 6.04 Å². The van der Waals surface area contributed by atoms with Crippen LogP contribution in [0.4, 0.5) is 0 Å². The Balaban J connectivity index is 1.85. The van der Waals surface area contributed by atoms with E-state index in [4.69, 9.17) is 0 Å². The van der Waals surface area contributed by atoms with Crippen molar-refractivity contribution in [3.63, 3.8) is 0 Å². The first-order chi connectivity index (χ1) is 9.15. The summed E-state index contributed by atoms with van der Waals surface area (Å²) >= 11 is 0. The van der Waals surface area contributed by atoms with Gasteiger partial charge in [0.1, 0.15) is 11.7 Å². The van der Waals surface area contributed by atoms with Crippen LogP contribution >= 0.6 is 0 Å². The summed E-state index contributed by atoms with van der Waals surface area (Å²) in [7, 11) is 0. The normalized spacial score (nSPS) is 20.2. The number of imidazole rings is 1. The molecule has 1 fully saturated rings. The molecule has 2 aromatic heterocycles. The molecule has 3 rings (SSSR count). The molecule has 0 radical (unpaired) electrons. The van der Waals surface area contributed by atoms with Crippen LogP contribution in [0.3, 0.4) is 0 Å². The number of hydrogen-bond acceptors (Lipinski definition) is 3. The van der Waals surface area contributed by atoms with E-state index < -0.39 is 5.97 Å². The molecule has 1 atom stereocenters. The van der Waals surface area contributed by atoms with Gasteiger partial charge in [-0.1, -0.05) is 6.07 Å². The lowest BCUT2D eigenvalue weighted by atomic mass is 10.2. The summed E-state index contributed by atoms with van der Waals surface area (Å²) in [5, 5.41) is 9.18. The molecule has 0 amide bonds. The Hall–Kier alpha value is -1.88. The Morgan fingerprint density at radius 2 is 2.42 bits per heavy atom. The quantitative estimate of drug-likeness (QED) is 0.911. The second-order valence-corrected chi connectivity index (χ2v) is 5.12. The van der Waals surface area contributed by atoms with Crippen LogP contribution in [0.5, 0.6) is 0 Å². The molecule has 100 valence electrons. The summed E-state index contributed by atoms with van der Waals surface area (Å²) < 4.78 is 2.00. The number of aliphatic carboxylic acids is 1. The van der Waals surface area contributed by atoms with E-state index in [1.807, 2.05) is 40.8 Å². The highest BCUT2D eigenvalue weighted by atomic mass is 16.4. The smallest absolute Gasteiger partial charge is 0.320 e. The Bertz CT molecular complexity index is 620. The first-order valence-corrected chi connectivity index (χ1v) is 6.55. The number of likely N-dealkylation sites (tertiary alicyclic amines) is 1. The molecule has 5 nitrogen and oxygen atoms in total. The van der Waals surface area contributed by atoms with Crippen LogP contribution in [0.15, 0.2) is 24.5 Å². The number of rotatable bonds is 3. The largest absolute Gasteiger partial charge is 0.480 e. The number of nitrogens with zero attached hydrogens (tertiary/aromatic N) is 3. The summed E-state index contributed by atoms with van der Waals surface area (Å²) in [6, 6.07) is 3.66. The van der Waals surface area contributed by atoms with E-state index in [1.54, 1.807) is 0 Å². The minimum absolute atomic E-state index is 0.356. The summed E-state index contributed by atoms with van der Waals surface area (Å²) in [4.78, 5) is 17.8. The number of carboxylic acids is 1. The molecular formula is C14H17N3O2. The predicted octanol–water partition coefficient (Wildman–Crippen LogP) is 1.69. The molecule has 0 aliphatic carbocycles. The summed E-state index contributed by atoms with van der Waals surface area (Å²) in [5.41, 5.74) is 3.01. The molecule has 1 unspecified atom stereocenters. The van der Waals surface area contributed by atoms with Gasteiger partial charge in [0.25, 0.3) is 0 Å². The average molecular weight is 259 g/mol. The maximum Gasteiger partial charge on any atom is 0.320 e. The van der Waals surface area contributed by atoms with Crippen molar-refractivity contribution < 1.29 is 9.90 Å². The fourth-order valence-electron chi connectivity index (χ4n) is 2.78. The molecule has 0 aromatic carbocycles. The Labute approximate surface area is 111 Å². The van der Waals surface area contributed by atoms with E-state index in [0.29, 0.717) is 6.54 Å². The third-order valence-corrected chi connectivity index (χ3v) is 3.74. The molecule has 2 aromatic rings. The van der Waals surface area contributed by atoms with E-state index in [0.717, 1.165) is 36.3 Å². The van der Waals surface area contributed by atoms with Crippen LogP contribution in [0.2, 0.25) is 0 Å². The van der Waals surface area contributed by atoms with Gasteiger partial charge in [0.2, 0.25) is 0 Å². The van der Waals surface area contributed by atoms with E-state index >= 15 is 0 Å². The standard InChI is InChI=1S/C14H17N3O2/c1-10-4-2-7-17-9-11(15-13(10)17)8-16-6-3-5-12(16)14(18)19/h2,4,7,9,12H,3,5-6,8H2,1H3,(H,18,19). The Kier molecular flexibility index (Phi) is 2.98. The lowest BCUT2D eigenvalue weighted by Gasteiger charge is -2.19. The topological polar surface area (TPSA) is 57.8 Å². The molecule has 0 saturated carbocycles. The van der Waals surface area contributed by atoms with Crippen molar-refractivity contribution in [2.75, 3.05) is 6.54 Å². The second-order valence-electron chi connectivity index (χ2n) is 5.12. The third kappa shape index (κ3) is 2.21. The first kappa shape index (κ1) is 12.2. The highest BCUT2D eigenvalue weighted by Crippen LogP contribution is 2.20. The number of aromatic nitrogens is 2. The molecule has 5 heteroatoms. The van der Waals surface area contributed by atoms with Gasteiger partial charge in [-0.25, -0.2) is 4.98 Å².